The predicted octanol–water partition coefficient (Wildman–Crippen LogP) is 5.73. The summed E-state index contributed by atoms with van der Waals surface area (Å²) in [5, 5.41) is 2.56. The monoisotopic (exact) mass is 450 g/mol. The molecule has 0 radical (unpaired) electrons. The van der Waals surface area contributed by atoms with E-state index in [9.17, 15) is 9.59 Å². The maximum Gasteiger partial charge on any atom is 0.337 e. The minimum absolute atomic E-state index is 0.237. The number of methoxy groups -OCH3 is 1. The van der Waals surface area contributed by atoms with Crippen LogP contribution in [0, 0.1) is 0 Å². The highest BCUT2D eigenvalue weighted by atomic mass is 16.5. The Morgan fingerprint density at radius 2 is 1.76 bits per heavy atom. The van der Waals surface area contributed by atoms with Gasteiger partial charge in [-0.05, 0) is 53.6 Å². The van der Waals surface area contributed by atoms with Gasteiger partial charge in [0.15, 0.2) is 0 Å². The van der Waals surface area contributed by atoms with Gasteiger partial charge in [0.25, 0.3) is 5.91 Å². The summed E-state index contributed by atoms with van der Waals surface area (Å²) in [6.07, 6.45) is 3.43. The molecule has 0 bridgehead atoms. The first-order valence-corrected chi connectivity index (χ1v) is 11.0. The van der Waals surface area contributed by atoms with Crippen molar-refractivity contribution >= 4 is 33.7 Å². The van der Waals surface area contributed by atoms with Gasteiger partial charge in [-0.15, -0.1) is 0 Å². The summed E-state index contributed by atoms with van der Waals surface area (Å²) in [7, 11) is 1.35. The molecule has 168 valence electrons. The Hall–Kier alpha value is -4.45. The number of nitrogens with zero attached hydrogens (tertiary/aromatic N) is 2. The van der Waals surface area contributed by atoms with Crippen LogP contribution in [0.5, 0.6) is 5.75 Å². The fourth-order valence-electron chi connectivity index (χ4n) is 4.24. The molecule has 0 saturated heterocycles. The molecule has 6 heteroatoms. The summed E-state index contributed by atoms with van der Waals surface area (Å²) in [6.45, 7) is 2.33. The third-order valence-corrected chi connectivity index (χ3v) is 5.78. The molecule has 0 aliphatic rings. The van der Waals surface area contributed by atoms with Gasteiger partial charge in [0, 0.05) is 23.3 Å². The lowest BCUT2D eigenvalue weighted by Crippen LogP contribution is -2.14. The lowest BCUT2D eigenvalue weighted by molar-refractivity contribution is 0.0600. The average Bonchev–Trinajstić information content (AvgIpc) is 3.28. The second kappa shape index (κ2) is 8.83. The van der Waals surface area contributed by atoms with Gasteiger partial charge < -0.3 is 9.47 Å². The molecule has 5 aromatic rings. The summed E-state index contributed by atoms with van der Waals surface area (Å²) in [5.74, 6) is -0.130. The quantitative estimate of drug-likeness (QED) is 0.320. The van der Waals surface area contributed by atoms with Gasteiger partial charge in [0.2, 0.25) is 0 Å². The molecule has 3 aromatic carbocycles. The molecule has 5 rings (SSSR count). The Morgan fingerprint density at radius 3 is 2.59 bits per heavy atom. The van der Waals surface area contributed by atoms with E-state index in [-0.39, 0.29) is 5.91 Å². The third-order valence-electron chi connectivity index (χ3n) is 5.78. The Kier molecular flexibility index (Phi) is 5.55. The Balaban J connectivity index is 1.72. The highest BCUT2D eigenvalue weighted by Gasteiger charge is 2.22. The second-order valence-corrected chi connectivity index (χ2v) is 7.76. The fraction of sp³-hybridized carbons (Fsp3) is 0.107. The first-order valence-electron chi connectivity index (χ1n) is 11.0. The lowest BCUT2D eigenvalue weighted by atomic mass is 10.0. The number of carbonyl (C=O) groups is 2. The van der Waals surface area contributed by atoms with Gasteiger partial charge in [-0.25, -0.2) is 9.78 Å². The number of carbonyl (C=O) groups excluding carboxylic acids is 2. The Bertz CT molecular complexity index is 1550. The molecule has 34 heavy (non-hydrogen) atoms. The molecule has 0 N–H and O–H groups in total. The molecule has 0 amide bonds. The summed E-state index contributed by atoms with van der Waals surface area (Å²) in [6, 6.07) is 22.4. The van der Waals surface area contributed by atoms with Crippen molar-refractivity contribution in [3.63, 3.8) is 0 Å². The minimum Gasteiger partial charge on any atom is -0.493 e. The smallest absolute Gasteiger partial charge is 0.337 e. The van der Waals surface area contributed by atoms with E-state index in [1.165, 1.54) is 7.11 Å². The van der Waals surface area contributed by atoms with E-state index in [1.54, 1.807) is 35.2 Å². The first kappa shape index (κ1) is 21.4. The van der Waals surface area contributed by atoms with Crippen LogP contribution in [0.4, 0.5) is 0 Å². The summed E-state index contributed by atoms with van der Waals surface area (Å²) >= 11 is 0. The van der Waals surface area contributed by atoms with Gasteiger partial charge in [0.05, 0.1) is 24.8 Å². The summed E-state index contributed by atoms with van der Waals surface area (Å²) < 4.78 is 12.3. The molecule has 0 spiro atoms. The maximum atomic E-state index is 14.0. The number of ether oxygens (including phenoxy) is 2. The van der Waals surface area contributed by atoms with E-state index in [2.05, 4.69) is 4.98 Å². The van der Waals surface area contributed by atoms with Crippen molar-refractivity contribution in [2.75, 3.05) is 13.7 Å². The molecule has 0 unspecified atom stereocenters. The van der Waals surface area contributed by atoms with Crippen LogP contribution in [0.15, 0.2) is 85.2 Å². The highest BCUT2D eigenvalue weighted by molar-refractivity contribution is 6.14. The van der Waals surface area contributed by atoms with Crippen molar-refractivity contribution in [1.82, 2.24) is 9.55 Å². The van der Waals surface area contributed by atoms with Gasteiger partial charge >= 0.3 is 5.97 Å². The van der Waals surface area contributed by atoms with Gasteiger partial charge in [-0.2, -0.15) is 0 Å². The Labute approximate surface area is 196 Å². The van der Waals surface area contributed by atoms with Crippen LogP contribution < -0.4 is 4.74 Å². The van der Waals surface area contributed by atoms with E-state index >= 15 is 0 Å². The van der Waals surface area contributed by atoms with Crippen LogP contribution in [0.1, 0.15) is 27.6 Å². The zero-order chi connectivity index (χ0) is 23.7. The number of esters is 1. The molecule has 0 atom stereocenters. The minimum atomic E-state index is -0.420. The largest absolute Gasteiger partial charge is 0.493 e. The molecule has 0 fully saturated rings. The van der Waals surface area contributed by atoms with Crippen LogP contribution >= 0.6 is 0 Å². The number of benzene rings is 3. The van der Waals surface area contributed by atoms with Crippen molar-refractivity contribution in [2.24, 2.45) is 0 Å². The molecule has 0 aliphatic heterocycles. The molecular formula is C28H22N2O4. The lowest BCUT2D eigenvalue weighted by Gasteiger charge is -2.13. The zero-order valence-corrected chi connectivity index (χ0v) is 18.8. The number of rotatable bonds is 5. The average molecular weight is 450 g/mol. The number of hydrogen-bond donors (Lipinski definition) is 0. The van der Waals surface area contributed by atoms with E-state index in [1.807, 2.05) is 61.5 Å². The van der Waals surface area contributed by atoms with Crippen LogP contribution in [0.3, 0.4) is 0 Å². The van der Waals surface area contributed by atoms with E-state index in [0.29, 0.717) is 29.1 Å². The second-order valence-electron chi connectivity index (χ2n) is 7.76. The summed E-state index contributed by atoms with van der Waals surface area (Å²) in [5.41, 5.74) is 3.03. The van der Waals surface area contributed by atoms with Crippen molar-refractivity contribution in [3.05, 3.63) is 96.3 Å². The SMILES string of the molecule is CCOc1ccc2ccccc2c1C(=O)n1cc(-c2cccc(C(=O)OC)c2)c2cccnc21. The number of fused-ring (bicyclic) bond motifs is 2. The van der Waals surface area contributed by atoms with Crippen LogP contribution in [-0.4, -0.2) is 35.1 Å². The third kappa shape index (κ3) is 3.59. The zero-order valence-electron chi connectivity index (χ0n) is 18.8. The van der Waals surface area contributed by atoms with Gasteiger partial charge in [-0.3, -0.25) is 9.36 Å². The number of hydrogen-bond acceptors (Lipinski definition) is 5. The van der Waals surface area contributed by atoms with Crippen molar-refractivity contribution in [3.8, 4) is 16.9 Å². The van der Waals surface area contributed by atoms with Crippen molar-refractivity contribution < 1.29 is 19.1 Å². The molecule has 0 aliphatic carbocycles. The van der Waals surface area contributed by atoms with E-state index in [0.717, 1.165) is 27.3 Å². The van der Waals surface area contributed by atoms with Crippen LogP contribution in [-0.2, 0) is 4.74 Å². The standard InChI is InChI=1S/C28H22N2O4/c1-3-34-24-14-13-18-8-4-5-11-21(18)25(24)27(31)30-17-23(22-12-7-15-29-26(22)30)19-9-6-10-20(16-19)28(32)33-2/h4-17H,3H2,1-2H3. The van der Waals surface area contributed by atoms with Crippen LogP contribution in [0.25, 0.3) is 32.9 Å². The Morgan fingerprint density at radius 1 is 0.941 bits per heavy atom. The van der Waals surface area contributed by atoms with Crippen molar-refractivity contribution in [2.45, 2.75) is 6.92 Å². The normalized spacial score (nSPS) is 11.0. The summed E-state index contributed by atoms with van der Waals surface area (Å²) in [4.78, 5) is 30.6. The molecule has 6 nitrogen and oxygen atoms in total. The molecular weight excluding hydrogens is 428 g/mol. The molecule has 0 saturated carbocycles. The van der Waals surface area contributed by atoms with E-state index in [4.69, 9.17) is 9.47 Å². The van der Waals surface area contributed by atoms with Gasteiger partial charge in [-0.1, -0.05) is 42.5 Å². The van der Waals surface area contributed by atoms with Crippen molar-refractivity contribution in [1.29, 1.82) is 0 Å². The number of aromatic nitrogens is 2. The van der Waals surface area contributed by atoms with Crippen LogP contribution in [0.2, 0.25) is 0 Å². The first-order chi connectivity index (χ1) is 16.6. The fourth-order valence-corrected chi connectivity index (χ4v) is 4.24. The maximum absolute atomic E-state index is 14.0. The molecule has 2 heterocycles. The highest BCUT2D eigenvalue weighted by Crippen LogP contribution is 2.34. The number of pyridine rings is 1. The van der Waals surface area contributed by atoms with Gasteiger partial charge in [0.1, 0.15) is 11.4 Å². The topological polar surface area (TPSA) is 70.4 Å². The van der Waals surface area contributed by atoms with E-state index < -0.39 is 5.97 Å². The molecule has 2 aromatic heterocycles. The predicted molar refractivity (Wildman–Crippen MR) is 131 cm³/mol.